The maximum absolute atomic E-state index is 2.31. The van der Waals surface area contributed by atoms with Crippen LogP contribution in [-0.4, -0.2) is 14.1 Å². The van der Waals surface area contributed by atoms with Crippen LogP contribution in [0, 0.1) is 13.8 Å². The molecule has 4 aromatic carbocycles. The van der Waals surface area contributed by atoms with Crippen molar-refractivity contribution in [1.82, 2.24) is 0 Å². The number of para-hydroxylation sites is 2. The molecule has 0 atom stereocenters. The van der Waals surface area contributed by atoms with Gasteiger partial charge in [-0.2, -0.15) is 0 Å². The molecule has 0 unspecified atom stereocenters. The van der Waals surface area contributed by atoms with E-state index in [0.717, 1.165) is 6.42 Å². The molecule has 0 radical (unpaired) electrons. The number of anilines is 4. The van der Waals surface area contributed by atoms with Crippen LogP contribution in [0.1, 0.15) is 22.3 Å². The van der Waals surface area contributed by atoms with E-state index < -0.39 is 0 Å². The van der Waals surface area contributed by atoms with Gasteiger partial charge < -0.3 is 9.80 Å². The van der Waals surface area contributed by atoms with Crippen molar-refractivity contribution < 1.29 is 0 Å². The van der Waals surface area contributed by atoms with E-state index in [4.69, 9.17) is 0 Å². The van der Waals surface area contributed by atoms with Gasteiger partial charge in [-0.1, -0.05) is 60.7 Å². The number of hydrogen-bond donors (Lipinski definition) is 0. The van der Waals surface area contributed by atoms with Gasteiger partial charge in [0.2, 0.25) is 0 Å². The number of aryl methyl sites for hydroxylation is 2. The third-order valence-corrected chi connectivity index (χ3v) is 5.94. The van der Waals surface area contributed by atoms with Gasteiger partial charge >= 0.3 is 0 Å². The Kier molecular flexibility index (Phi) is 6.08. The van der Waals surface area contributed by atoms with Crippen LogP contribution in [0.5, 0.6) is 0 Å². The van der Waals surface area contributed by atoms with Gasteiger partial charge in [0.05, 0.1) is 0 Å². The van der Waals surface area contributed by atoms with E-state index >= 15 is 0 Å². The highest BCUT2D eigenvalue weighted by Gasteiger charge is 2.10. The molecule has 0 aromatic heterocycles. The van der Waals surface area contributed by atoms with Crippen LogP contribution in [0.25, 0.3) is 0 Å². The summed E-state index contributed by atoms with van der Waals surface area (Å²) in [5.41, 5.74) is 10.1. The summed E-state index contributed by atoms with van der Waals surface area (Å²) < 4.78 is 0. The predicted octanol–water partition coefficient (Wildman–Crippen LogP) is 7.43. The second-order valence-electron chi connectivity index (χ2n) is 8.21. The smallest absolute Gasteiger partial charge is 0.0437 e. The normalized spacial score (nSPS) is 10.7. The van der Waals surface area contributed by atoms with Gasteiger partial charge in [0.1, 0.15) is 0 Å². The SMILES string of the molecule is Cc1cc(Cc2ccc(N(C)c3ccccc3)c(C)c2)ccc1N(C)c1ccccc1. The van der Waals surface area contributed by atoms with E-state index in [2.05, 4.69) is 135 Å². The maximum Gasteiger partial charge on any atom is 0.0437 e. The zero-order valence-corrected chi connectivity index (χ0v) is 18.8. The van der Waals surface area contributed by atoms with Crippen molar-refractivity contribution >= 4 is 22.7 Å². The lowest BCUT2D eigenvalue weighted by Crippen LogP contribution is -2.11. The molecule has 4 rings (SSSR count). The van der Waals surface area contributed by atoms with Gasteiger partial charge in [-0.25, -0.2) is 0 Å². The Balaban J connectivity index is 1.52. The van der Waals surface area contributed by atoms with E-state index in [1.54, 1.807) is 0 Å². The molecular weight excluding hydrogens is 376 g/mol. The van der Waals surface area contributed by atoms with Gasteiger partial charge in [0.15, 0.2) is 0 Å². The zero-order valence-electron chi connectivity index (χ0n) is 18.8. The molecule has 0 saturated heterocycles. The Labute approximate surface area is 186 Å². The fourth-order valence-corrected chi connectivity index (χ4v) is 4.22. The zero-order chi connectivity index (χ0) is 21.8. The molecule has 0 amide bonds. The van der Waals surface area contributed by atoms with Crippen molar-refractivity contribution in [1.29, 1.82) is 0 Å². The highest BCUT2D eigenvalue weighted by Crippen LogP contribution is 2.30. The number of hydrogen-bond acceptors (Lipinski definition) is 2. The van der Waals surface area contributed by atoms with E-state index in [-0.39, 0.29) is 0 Å². The fraction of sp³-hybridized carbons (Fsp3) is 0.172. The van der Waals surface area contributed by atoms with Crippen LogP contribution in [0.2, 0.25) is 0 Å². The largest absolute Gasteiger partial charge is 0.344 e. The monoisotopic (exact) mass is 406 g/mol. The molecule has 2 heteroatoms. The number of rotatable bonds is 6. The highest BCUT2D eigenvalue weighted by atomic mass is 15.1. The van der Waals surface area contributed by atoms with Crippen molar-refractivity contribution in [3.63, 3.8) is 0 Å². The molecule has 0 heterocycles. The molecule has 0 aliphatic carbocycles. The van der Waals surface area contributed by atoms with E-state index in [0.29, 0.717) is 0 Å². The van der Waals surface area contributed by atoms with Crippen molar-refractivity contribution in [2.24, 2.45) is 0 Å². The fourth-order valence-electron chi connectivity index (χ4n) is 4.22. The second-order valence-corrected chi connectivity index (χ2v) is 8.21. The minimum Gasteiger partial charge on any atom is -0.344 e. The average Bonchev–Trinajstić information content (AvgIpc) is 2.80. The van der Waals surface area contributed by atoms with Gasteiger partial charge in [-0.3, -0.25) is 0 Å². The van der Waals surface area contributed by atoms with E-state index in [9.17, 15) is 0 Å². The third-order valence-electron chi connectivity index (χ3n) is 5.94. The Morgan fingerprint density at radius 3 is 1.26 bits per heavy atom. The first kappa shape index (κ1) is 20.7. The highest BCUT2D eigenvalue weighted by molar-refractivity contribution is 5.67. The van der Waals surface area contributed by atoms with Crippen molar-refractivity contribution in [3.8, 4) is 0 Å². The Morgan fingerprint density at radius 1 is 0.516 bits per heavy atom. The molecule has 2 nitrogen and oxygen atoms in total. The summed E-state index contributed by atoms with van der Waals surface area (Å²) in [6.07, 6.45) is 0.937. The molecule has 156 valence electrons. The van der Waals surface area contributed by atoms with Gasteiger partial charge in [0.25, 0.3) is 0 Å². The van der Waals surface area contributed by atoms with Crippen LogP contribution < -0.4 is 9.80 Å². The molecule has 0 spiro atoms. The predicted molar refractivity (Wildman–Crippen MR) is 134 cm³/mol. The summed E-state index contributed by atoms with van der Waals surface area (Å²) in [7, 11) is 4.26. The second kappa shape index (κ2) is 9.09. The molecule has 4 aromatic rings. The molecule has 0 saturated carbocycles. The number of nitrogens with zero attached hydrogens (tertiary/aromatic N) is 2. The lowest BCUT2D eigenvalue weighted by molar-refractivity contribution is 1.13. The summed E-state index contributed by atoms with van der Waals surface area (Å²) in [5.74, 6) is 0. The topological polar surface area (TPSA) is 6.48 Å². The van der Waals surface area contributed by atoms with Crippen molar-refractivity contribution in [3.05, 3.63) is 119 Å². The molecular formula is C29H30N2. The Morgan fingerprint density at radius 2 is 0.903 bits per heavy atom. The van der Waals surface area contributed by atoms with Crippen LogP contribution in [0.3, 0.4) is 0 Å². The van der Waals surface area contributed by atoms with Crippen LogP contribution in [0.4, 0.5) is 22.7 Å². The quantitative estimate of drug-likeness (QED) is 0.328. The molecule has 0 fully saturated rings. The van der Waals surface area contributed by atoms with E-state index in [1.807, 2.05) is 0 Å². The standard InChI is InChI=1S/C29H30N2/c1-22-19-24(15-17-28(22)30(3)26-11-7-5-8-12-26)21-25-16-18-29(23(2)20-25)31(4)27-13-9-6-10-14-27/h5-20H,21H2,1-4H3. The summed E-state index contributed by atoms with van der Waals surface area (Å²) in [5, 5.41) is 0. The molecule has 0 N–H and O–H groups in total. The van der Waals surface area contributed by atoms with Gasteiger partial charge in [0, 0.05) is 36.8 Å². The van der Waals surface area contributed by atoms with Crippen molar-refractivity contribution in [2.45, 2.75) is 20.3 Å². The Bertz CT molecular complexity index is 1060. The van der Waals surface area contributed by atoms with Crippen molar-refractivity contribution in [2.75, 3.05) is 23.9 Å². The lowest BCUT2D eigenvalue weighted by Gasteiger charge is -2.23. The van der Waals surface area contributed by atoms with E-state index in [1.165, 1.54) is 45.0 Å². The van der Waals surface area contributed by atoms with Crippen LogP contribution in [0.15, 0.2) is 97.1 Å². The van der Waals surface area contributed by atoms with Gasteiger partial charge in [-0.05, 0) is 78.9 Å². The summed E-state index contributed by atoms with van der Waals surface area (Å²) in [6, 6.07) is 34.6. The Hall–Kier alpha value is -3.52. The molecule has 31 heavy (non-hydrogen) atoms. The third kappa shape index (κ3) is 4.64. The van der Waals surface area contributed by atoms with Gasteiger partial charge in [-0.15, -0.1) is 0 Å². The molecule has 0 aliphatic rings. The first-order valence-corrected chi connectivity index (χ1v) is 10.8. The summed E-state index contributed by atoms with van der Waals surface area (Å²) in [4.78, 5) is 4.49. The minimum absolute atomic E-state index is 0.937. The van der Waals surface area contributed by atoms with Crippen LogP contribution >= 0.6 is 0 Å². The minimum atomic E-state index is 0.937. The first-order valence-electron chi connectivity index (χ1n) is 10.8. The maximum atomic E-state index is 2.31. The number of benzene rings is 4. The summed E-state index contributed by atoms with van der Waals surface area (Å²) >= 11 is 0. The first-order chi connectivity index (χ1) is 15.0. The lowest BCUT2D eigenvalue weighted by atomic mass is 9.99. The molecule has 0 bridgehead atoms. The summed E-state index contributed by atoms with van der Waals surface area (Å²) in [6.45, 7) is 4.39. The van der Waals surface area contributed by atoms with Crippen LogP contribution in [-0.2, 0) is 6.42 Å². The molecule has 0 aliphatic heterocycles. The average molecular weight is 407 g/mol.